The van der Waals surface area contributed by atoms with E-state index in [-0.39, 0.29) is 17.7 Å². The number of benzene rings is 1. The molecule has 1 aromatic rings. The second-order valence-electron chi connectivity index (χ2n) is 7.94. The van der Waals surface area contributed by atoms with E-state index in [2.05, 4.69) is 23.6 Å². The van der Waals surface area contributed by atoms with Crippen molar-refractivity contribution in [1.82, 2.24) is 4.90 Å². The number of nitrogens with zero attached hydrogens (tertiary/aromatic N) is 2. The van der Waals surface area contributed by atoms with Crippen LogP contribution in [0.25, 0.3) is 0 Å². The topological polar surface area (TPSA) is 42.0 Å². The number of carbonyl (C=O) groups is 1. The van der Waals surface area contributed by atoms with E-state index in [1.807, 2.05) is 6.92 Å². The summed E-state index contributed by atoms with van der Waals surface area (Å²) in [4.78, 5) is 16.4. The fraction of sp³-hybridized carbons (Fsp3) is 0.682. The van der Waals surface area contributed by atoms with Crippen LogP contribution in [0, 0.1) is 17.7 Å². The molecule has 5 nitrogen and oxygen atoms in total. The van der Waals surface area contributed by atoms with Crippen LogP contribution in [0.4, 0.5) is 10.1 Å². The first kappa shape index (κ1) is 23.9. The molecule has 1 aliphatic rings. The number of hydrogen-bond donors (Lipinski definition) is 0. The molecular formula is C22H34ClFN2O3. The zero-order valence-electron chi connectivity index (χ0n) is 17.8. The molecule has 0 aliphatic carbocycles. The summed E-state index contributed by atoms with van der Waals surface area (Å²) in [6.45, 7) is 11.8. The molecule has 1 fully saturated rings. The molecule has 0 N–H and O–H groups in total. The van der Waals surface area contributed by atoms with Gasteiger partial charge in [-0.1, -0.05) is 25.4 Å². The fourth-order valence-corrected chi connectivity index (χ4v) is 3.96. The highest BCUT2D eigenvalue weighted by molar-refractivity contribution is 6.33. The maximum Gasteiger partial charge on any atom is 0.310 e. The van der Waals surface area contributed by atoms with E-state index < -0.39 is 0 Å². The Morgan fingerprint density at radius 2 is 2.17 bits per heavy atom. The maximum atomic E-state index is 13.4. The van der Waals surface area contributed by atoms with Gasteiger partial charge in [-0.15, -0.1) is 0 Å². The van der Waals surface area contributed by atoms with E-state index >= 15 is 0 Å². The third-order valence-electron chi connectivity index (χ3n) is 5.02. The van der Waals surface area contributed by atoms with Gasteiger partial charge in [-0.3, -0.25) is 4.79 Å². The van der Waals surface area contributed by atoms with Crippen LogP contribution in [-0.4, -0.2) is 63.4 Å². The van der Waals surface area contributed by atoms with Crippen molar-refractivity contribution in [2.75, 3.05) is 57.4 Å². The van der Waals surface area contributed by atoms with Gasteiger partial charge in [0.2, 0.25) is 0 Å². The quantitative estimate of drug-likeness (QED) is 0.389. The average molecular weight is 429 g/mol. The molecule has 0 spiro atoms. The minimum atomic E-state index is -0.331. The van der Waals surface area contributed by atoms with Crippen LogP contribution in [0.2, 0.25) is 5.02 Å². The Bertz CT molecular complexity index is 644. The molecule has 0 saturated carbocycles. The molecule has 0 aromatic heterocycles. The van der Waals surface area contributed by atoms with Gasteiger partial charge in [0.05, 0.1) is 36.4 Å². The first-order valence-corrected chi connectivity index (χ1v) is 10.9. The smallest absolute Gasteiger partial charge is 0.310 e. The van der Waals surface area contributed by atoms with Crippen molar-refractivity contribution in [1.29, 1.82) is 0 Å². The number of ether oxygens (including phenoxy) is 2. The van der Waals surface area contributed by atoms with Crippen molar-refractivity contribution in [2.24, 2.45) is 11.8 Å². The summed E-state index contributed by atoms with van der Waals surface area (Å²) in [6.07, 6.45) is 1.91. The number of halogens is 2. The molecule has 1 heterocycles. The van der Waals surface area contributed by atoms with Crippen molar-refractivity contribution in [3.8, 4) is 0 Å². The second kappa shape index (κ2) is 12.4. The molecule has 1 unspecified atom stereocenters. The van der Waals surface area contributed by atoms with Gasteiger partial charge >= 0.3 is 5.97 Å². The van der Waals surface area contributed by atoms with E-state index in [4.69, 9.17) is 21.1 Å². The van der Waals surface area contributed by atoms with Crippen molar-refractivity contribution < 1.29 is 18.7 Å². The first-order chi connectivity index (χ1) is 13.9. The number of likely N-dealkylation sites (tertiary alicyclic amines) is 1. The van der Waals surface area contributed by atoms with E-state index in [0.717, 1.165) is 44.7 Å². The van der Waals surface area contributed by atoms with E-state index in [0.29, 0.717) is 37.3 Å². The summed E-state index contributed by atoms with van der Waals surface area (Å²) in [5.74, 6) is 0.0101. The lowest BCUT2D eigenvalue weighted by molar-refractivity contribution is -0.150. The highest BCUT2D eigenvalue weighted by Crippen LogP contribution is 2.27. The van der Waals surface area contributed by atoms with Crippen LogP contribution >= 0.6 is 11.6 Å². The summed E-state index contributed by atoms with van der Waals surface area (Å²) in [5, 5.41) is 0.420. The van der Waals surface area contributed by atoms with Gasteiger partial charge in [0.15, 0.2) is 0 Å². The van der Waals surface area contributed by atoms with Crippen molar-refractivity contribution in [3.05, 3.63) is 29.0 Å². The molecule has 0 bridgehead atoms. The number of esters is 1. The Hall–Kier alpha value is -1.37. The van der Waals surface area contributed by atoms with Gasteiger partial charge in [-0.05, 0) is 50.4 Å². The molecular weight excluding hydrogens is 395 g/mol. The Kier molecular flexibility index (Phi) is 10.2. The van der Waals surface area contributed by atoms with Gasteiger partial charge in [-0.2, -0.15) is 0 Å². The number of anilines is 1. The number of rotatable bonds is 11. The molecule has 1 aromatic carbocycles. The Balaban J connectivity index is 1.76. The van der Waals surface area contributed by atoms with Crippen LogP contribution < -0.4 is 4.90 Å². The Morgan fingerprint density at radius 1 is 1.38 bits per heavy atom. The summed E-state index contributed by atoms with van der Waals surface area (Å²) >= 11 is 6.24. The molecule has 1 saturated heterocycles. The number of piperidine rings is 1. The van der Waals surface area contributed by atoms with Crippen LogP contribution in [0.1, 0.15) is 33.6 Å². The predicted octanol–water partition coefficient (Wildman–Crippen LogP) is 4.23. The van der Waals surface area contributed by atoms with Gasteiger partial charge in [0.1, 0.15) is 5.82 Å². The Labute approximate surface area is 179 Å². The van der Waals surface area contributed by atoms with E-state index in [9.17, 15) is 9.18 Å². The highest BCUT2D eigenvalue weighted by atomic mass is 35.5. The van der Waals surface area contributed by atoms with Gasteiger partial charge in [0, 0.05) is 26.2 Å². The number of carbonyl (C=O) groups excluding carboxylic acids is 1. The second-order valence-corrected chi connectivity index (χ2v) is 8.35. The monoisotopic (exact) mass is 428 g/mol. The predicted molar refractivity (Wildman–Crippen MR) is 115 cm³/mol. The van der Waals surface area contributed by atoms with Crippen molar-refractivity contribution >= 4 is 23.3 Å². The fourth-order valence-electron chi connectivity index (χ4n) is 3.67. The zero-order valence-corrected chi connectivity index (χ0v) is 18.6. The van der Waals surface area contributed by atoms with Crippen LogP contribution in [0.3, 0.4) is 0 Å². The molecule has 1 aliphatic heterocycles. The lowest BCUT2D eigenvalue weighted by Gasteiger charge is -2.31. The SMILES string of the molecule is CCOC(=O)C1CCCN(CCOCCN(CC(C)C)c2ccc(F)cc2Cl)C1. The standard InChI is InChI=1S/C22H34ClFN2O3/c1-4-29-22(27)18-6-5-9-25(16-18)10-12-28-13-11-26(15-17(2)3)21-8-7-19(24)14-20(21)23/h7-8,14,17-18H,4-6,9-13,15-16H2,1-3H3. The van der Waals surface area contributed by atoms with Gasteiger partial charge in [-0.25, -0.2) is 4.39 Å². The summed E-state index contributed by atoms with van der Waals surface area (Å²) in [5.41, 5.74) is 0.832. The summed E-state index contributed by atoms with van der Waals surface area (Å²) in [6, 6.07) is 4.51. The van der Waals surface area contributed by atoms with Crippen molar-refractivity contribution in [3.63, 3.8) is 0 Å². The third kappa shape index (κ3) is 8.11. The Morgan fingerprint density at radius 3 is 2.86 bits per heavy atom. The van der Waals surface area contributed by atoms with Gasteiger partial charge in [0.25, 0.3) is 0 Å². The lowest BCUT2D eigenvalue weighted by atomic mass is 9.98. The minimum absolute atomic E-state index is 0.0224. The highest BCUT2D eigenvalue weighted by Gasteiger charge is 2.26. The van der Waals surface area contributed by atoms with E-state index in [1.54, 1.807) is 6.07 Å². The van der Waals surface area contributed by atoms with E-state index in [1.165, 1.54) is 12.1 Å². The zero-order chi connectivity index (χ0) is 21.2. The maximum absolute atomic E-state index is 13.4. The summed E-state index contributed by atoms with van der Waals surface area (Å²) < 4.78 is 24.4. The minimum Gasteiger partial charge on any atom is -0.466 e. The molecule has 0 amide bonds. The number of hydrogen-bond acceptors (Lipinski definition) is 5. The third-order valence-corrected chi connectivity index (χ3v) is 5.32. The van der Waals surface area contributed by atoms with Crippen LogP contribution in [0.15, 0.2) is 18.2 Å². The molecule has 164 valence electrons. The summed E-state index contributed by atoms with van der Waals surface area (Å²) in [7, 11) is 0. The molecule has 7 heteroatoms. The largest absolute Gasteiger partial charge is 0.466 e. The molecule has 0 radical (unpaired) electrons. The van der Waals surface area contributed by atoms with Crippen LogP contribution in [-0.2, 0) is 14.3 Å². The lowest BCUT2D eigenvalue weighted by Crippen LogP contribution is -2.41. The molecule has 29 heavy (non-hydrogen) atoms. The first-order valence-electron chi connectivity index (χ1n) is 10.6. The van der Waals surface area contributed by atoms with Crippen LogP contribution in [0.5, 0.6) is 0 Å². The van der Waals surface area contributed by atoms with Gasteiger partial charge < -0.3 is 19.3 Å². The molecule has 1 atom stereocenters. The van der Waals surface area contributed by atoms with Crippen molar-refractivity contribution in [2.45, 2.75) is 33.6 Å². The molecule has 2 rings (SSSR count). The average Bonchev–Trinajstić information content (AvgIpc) is 2.67. The normalized spacial score (nSPS) is 17.5.